The summed E-state index contributed by atoms with van der Waals surface area (Å²) in [6, 6.07) is 0. The fraction of sp³-hybridized carbons (Fsp3) is 0.583. The van der Waals surface area contributed by atoms with Crippen LogP contribution >= 0.6 is 11.3 Å². The van der Waals surface area contributed by atoms with Gasteiger partial charge in [-0.15, -0.1) is 11.3 Å². The maximum atomic E-state index is 11.6. The largest absolute Gasteiger partial charge is 0.492 e. The molecule has 0 unspecified atom stereocenters. The minimum Gasteiger partial charge on any atom is -0.492 e. The number of methoxy groups -OCH3 is 2. The van der Waals surface area contributed by atoms with Gasteiger partial charge in [0, 0.05) is 13.6 Å². The van der Waals surface area contributed by atoms with Gasteiger partial charge >= 0.3 is 5.97 Å². The van der Waals surface area contributed by atoms with E-state index >= 15 is 0 Å². The lowest BCUT2D eigenvalue weighted by molar-refractivity contribution is 0.0607. The summed E-state index contributed by atoms with van der Waals surface area (Å²) in [7, 11) is 4.91. The van der Waals surface area contributed by atoms with Crippen molar-refractivity contribution in [2.75, 3.05) is 38.4 Å². The first-order valence-corrected chi connectivity index (χ1v) is 6.65. The monoisotopic (exact) mass is 270 g/mol. The maximum absolute atomic E-state index is 11.6. The highest BCUT2D eigenvalue weighted by Crippen LogP contribution is 2.45. The van der Waals surface area contributed by atoms with Crippen LogP contribution in [0.1, 0.15) is 22.5 Å². The molecule has 0 bridgehead atoms. The first-order valence-electron chi connectivity index (χ1n) is 5.84. The highest BCUT2D eigenvalue weighted by Gasteiger charge is 2.28. The molecule has 0 radical (unpaired) electrons. The topological polar surface area (TPSA) is 64.8 Å². The third-order valence-corrected chi connectivity index (χ3v) is 4.31. The van der Waals surface area contributed by atoms with Crippen LogP contribution < -0.4 is 15.4 Å². The van der Waals surface area contributed by atoms with Crippen molar-refractivity contribution in [2.45, 2.75) is 12.8 Å². The number of carbonyl (C=O) groups excluding carboxylic acids is 1. The molecule has 18 heavy (non-hydrogen) atoms. The minimum absolute atomic E-state index is 0.368. The molecule has 5 nitrogen and oxygen atoms in total. The van der Waals surface area contributed by atoms with Gasteiger partial charge in [0.25, 0.3) is 0 Å². The Balaban J connectivity index is 2.30. The van der Waals surface area contributed by atoms with Crippen LogP contribution in [0.15, 0.2) is 0 Å². The van der Waals surface area contributed by atoms with Crippen molar-refractivity contribution in [3.8, 4) is 5.75 Å². The second kappa shape index (κ2) is 5.06. The van der Waals surface area contributed by atoms with E-state index in [1.54, 1.807) is 7.11 Å². The van der Waals surface area contributed by atoms with Crippen molar-refractivity contribution in [1.29, 1.82) is 0 Å². The summed E-state index contributed by atoms with van der Waals surface area (Å²) < 4.78 is 10.0. The Morgan fingerprint density at radius 3 is 2.67 bits per heavy atom. The lowest BCUT2D eigenvalue weighted by Gasteiger charge is -2.18. The lowest BCUT2D eigenvalue weighted by atomic mass is 10.3. The van der Waals surface area contributed by atoms with E-state index < -0.39 is 5.97 Å². The normalized spacial score (nSPS) is 14.4. The zero-order chi connectivity index (χ0) is 13.3. The molecule has 0 aliphatic heterocycles. The number of nitrogens with two attached hydrogens (primary N) is 1. The molecule has 0 aromatic carbocycles. The summed E-state index contributed by atoms with van der Waals surface area (Å²) in [6.07, 6.45) is 2.55. The van der Waals surface area contributed by atoms with Crippen LogP contribution in [0.3, 0.4) is 0 Å². The first kappa shape index (κ1) is 13.0. The molecule has 1 aromatic rings. The molecule has 0 saturated heterocycles. The molecular formula is C12H18N2O3S. The maximum Gasteiger partial charge on any atom is 0.350 e. The van der Waals surface area contributed by atoms with Crippen molar-refractivity contribution in [3.63, 3.8) is 0 Å². The summed E-state index contributed by atoms with van der Waals surface area (Å²) >= 11 is 1.32. The number of thiophene rings is 1. The standard InChI is InChI=1S/C12H18N2O3S/c1-14(6-7-4-5-7)11-9(16-2)8(13)10(18-11)12(15)17-3/h7H,4-6,13H2,1-3H3. The molecule has 0 amide bonds. The molecule has 1 saturated carbocycles. The van der Waals surface area contributed by atoms with Crippen molar-refractivity contribution >= 4 is 28.0 Å². The van der Waals surface area contributed by atoms with Crippen molar-refractivity contribution in [3.05, 3.63) is 4.88 Å². The number of hydrogen-bond acceptors (Lipinski definition) is 6. The van der Waals surface area contributed by atoms with Gasteiger partial charge in [0.05, 0.1) is 14.2 Å². The summed E-state index contributed by atoms with van der Waals surface area (Å²) in [6.45, 7) is 0.969. The number of hydrogen-bond donors (Lipinski definition) is 1. The van der Waals surface area contributed by atoms with Crippen LogP contribution in [-0.2, 0) is 4.74 Å². The van der Waals surface area contributed by atoms with E-state index in [0.29, 0.717) is 16.3 Å². The molecule has 1 aliphatic carbocycles. The van der Waals surface area contributed by atoms with Crippen molar-refractivity contribution in [2.24, 2.45) is 5.92 Å². The number of rotatable bonds is 5. The van der Waals surface area contributed by atoms with Gasteiger partial charge in [-0.05, 0) is 18.8 Å². The minimum atomic E-state index is -0.415. The first-order chi connectivity index (χ1) is 8.58. The Hall–Kier alpha value is -1.43. The predicted octanol–water partition coefficient (Wildman–Crippen LogP) is 1.97. The Labute approximate surface area is 110 Å². The Bertz CT molecular complexity index is 454. The molecule has 6 heteroatoms. The number of nitrogen functional groups attached to an aromatic ring is 1. The van der Waals surface area contributed by atoms with Gasteiger partial charge in [0.1, 0.15) is 15.6 Å². The van der Waals surface area contributed by atoms with E-state index in [1.165, 1.54) is 31.3 Å². The zero-order valence-corrected chi connectivity index (χ0v) is 11.7. The van der Waals surface area contributed by atoms with Crippen LogP contribution in [0.2, 0.25) is 0 Å². The summed E-state index contributed by atoms with van der Waals surface area (Å²) in [4.78, 5) is 14.1. The Morgan fingerprint density at radius 2 is 2.17 bits per heavy atom. The fourth-order valence-electron chi connectivity index (χ4n) is 1.88. The second-order valence-corrected chi connectivity index (χ2v) is 5.50. The molecular weight excluding hydrogens is 252 g/mol. The zero-order valence-electron chi connectivity index (χ0n) is 10.9. The third kappa shape index (κ3) is 2.38. The number of carbonyl (C=O) groups is 1. The molecule has 100 valence electrons. The molecule has 2 N–H and O–H groups in total. The summed E-state index contributed by atoms with van der Waals surface area (Å²) in [5.41, 5.74) is 6.30. The molecule has 0 spiro atoms. The number of ether oxygens (including phenoxy) is 2. The predicted molar refractivity (Wildman–Crippen MR) is 72.6 cm³/mol. The highest BCUT2D eigenvalue weighted by molar-refractivity contribution is 7.19. The second-order valence-electron chi connectivity index (χ2n) is 4.50. The smallest absolute Gasteiger partial charge is 0.350 e. The molecule has 0 atom stereocenters. The van der Waals surface area contributed by atoms with E-state index in [1.807, 2.05) is 7.05 Å². The van der Waals surface area contributed by atoms with Crippen LogP contribution in [0.4, 0.5) is 10.7 Å². The number of nitrogens with zero attached hydrogens (tertiary/aromatic N) is 1. The Morgan fingerprint density at radius 1 is 1.50 bits per heavy atom. The molecule has 1 heterocycles. The van der Waals surface area contributed by atoms with E-state index in [0.717, 1.165) is 17.5 Å². The van der Waals surface area contributed by atoms with E-state index in [4.69, 9.17) is 15.2 Å². The van der Waals surface area contributed by atoms with Crippen LogP contribution in [-0.4, -0.2) is 33.8 Å². The van der Waals surface area contributed by atoms with Gasteiger partial charge in [0.15, 0.2) is 5.75 Å². The fourth-order valence-corrected chi connectivity index (χ4v) is 2.96. The van der Waals surface area contributed by atoms with Gasteiger partial charge in [-0.1, -0.05) is 0 Å². The number of esters is 1. The SMILES string of the molecule is COC(=O)c1sc(N(C)CC2CC2)c(OC)c1N. The average Bonchev–Trinajstić information content (AvgIpc) is 3.10. The highest BCUT2D eigenvalue weighted by atomic mass is 32.1. The van der Waals surface area contributed by atoms with Crippen LogP contribution in [0.25, 0.3) is 0 Å². The summed E-state index contributed by atoms with van der Waals surface area (Å²) in [5, 5.41) is 0.891. The quantitative estimate of drug-likeness (QED) is 0.829. The van der Waals surface area contributed by atoms with Gasteiger partial charge in [-0.25, -0.2) is 4.79 Å². The third-order valence-electron chi connectivity index (χ3n) is 3.03. The molecule has 1 aliphatic rings. The molecule has 1 aromatic heterocycles. The van der Waals surface area contributed by atoms with E-state index in [9.17, 15) is 4.79 Å². The van der Waals surface area contributed by atoms with Crippen molar-refractivity contribution in [1.82, 2.24) is 0 Å². The van der Waals surface area contributed by atoms with E-state index in [2.05, 4.69) is 4.90 Å². The number of anilines is 2. The lowest BCUT2D eigenvalue weighted by Crippen LogP contribution is -2.19. The van der Waals surface area contributed by atoms with Gasteiger partial charge in [-0.3, -0.25) is 0 Å². The van der Waals surface area contributed by atoms with Gasteiger partial charge < -0.3 is 20.1 Å². The average molecular weight is 270 g/mol. The van der Waals surface area contributed by atoms with E-state index in [-0.39, 0.29) is 0 Å². The van der Waals surface area contributed by atoms with Crippen LogP contribution in [0.5, 0.6) is 5.75 Å². The summed E-state index contributed by atoms with van der Waals surface area (Å²) in [5.74, 6) is 0.912. The Kier molecular flexibility index (Phi) is 3.65. The van der Waals surface area contributed by atoms with Gasteiger partial charge in [-0.2, -0.15) is 0 Å². The molecule has 1 fully saturated rings. The van der Waals surface area contributed by atoms with Crippen molar-refractivity contribution < 1.29 is 14.3 Å². The molecule has 2 rings (SSSR count). The van der Waals surface area contributed by atoms with Gasteiger partial charge in [0.2, 0.25) is 0 Å². The van der Waals surface area contributed by atoms with Crippen LogP contribution in [0, 0.1) is 5.92 Å².